The van der Waals surface area contributed by atoms with E-state index in [-0.39, 0.29) is 17.9 Å². The maximum absolute atomic E-state index is 12.3. The quantitative estimate of drug-likeness (QED) is 0.362. The molecule has 0 aliphatic carbocycles. The van der Waals surface area contributed by atoms with Crippen LogP contribution in [0.2, 0.25) is 0 Å². The van der Waals surface area contributed by atoms with Crippen LogP contribution in [0.1, 0.15) is 5.56 Å². The summed E-state index contributed by atoms with van der Waals surface area (Å²) in [5.41, 5.74) is 0.847. The number of nitrogens with zero attached hydrogens (tertiary/aromatic N) is 1. The molecule has 0 heterocycles. The van der Waals surface area contributed by atoms with Gasteiger partial charge in [0.2, 0.25) is 0 Å². The second-order valence-electron chi connectivity index (χ2n) is 5.07. The molecule has 0 aromatic heterocycles. The first kappa shape index (κ1) is 18.4. The zero-order valence-corrected chi connectivity index (χ0v) is 14.0. The van der Waals surface area contributed by atoms with E-state index in [1.165, 1.54) is 37.5 Å². The third kappa shape index (κ3) is 4.80. The van der Waals surface area contributed by atoms with E-state index in [1.54, 1.807) is 18.2 Å². The molecule has 0 spiro atoms. The molecule has 0 aliphatic heterocycles. The highest BCUT2D eigenvalue weighted by molar-refractivity contribution is 6.09. The van der Waals surface area contributed by atoms with Crippen LogP contribution in [0.4, 0.5) is 5.69 Å². The summed E-state index contributed by atoms with van der Waals surface area (Å²) in [4.78, 5) is 12.3. The summed E-state index contributed by atoms with van der Waals surface area (Å²) in [6.45, 7) is 0.0373. The minimum absolute atomic E-state index is 0.0373. The molecule has 2 N–H and O–H groups in total. The number of nitrogens with one attached hydrogen (secondary N) is 1. The Balaban J connectivity index is 2.29. The molecule has 0 saturated carbocycles. The topological polar surface area (TPSA) is 91.6 Å². The molecular weight excluding hydrogens is 332 g/mol. The predicted octanol–water partition coefficient (Wildman–Crippen LogP) is 2.96. The van der Waals surface area contributed by atoms with Crippen LogP contribution < -0.4 is 14.8 Å². The van der Waals surface area contributed by atoms with E-state index < -0.39 is 5.91 Å². The van der Waals surface area contributed by atoms with Crippen LogP contribution in [0.3, 0.4) is 0 Å². The van der Waals surface area contributed by atoms with Gasteiger partial charge in [-0.2, -0.15) is 5.26 Å². The van der Waals surface area contributed by atoms with Gasteiger partial charge >= 0.3 is 0 Å². The fourth-order valence-electron chi connectivity index (χ4n) is 2.05. The molecule has 130 valence electrons. The molecule has 6 heteroatoms. The summed E-state index contributed by atoms with van der Waals surface area (Å²) < 4.78 is 10.6. The van der Waals surface area contributed by atoms with Gasteiger partial charge in [-0.3, -0.25) is 4.79 Å². The van der Waals surface area contributed by atoms with Gasteiger partial charge < -0.3 is 19.9 Å². The van der Waals surface area contributed by atoms with Crippen molar-refractivity contribution in [2.24, 2.45) is 0 Å². The van der Waals surface area contributed by atoms with Crippen molar-refractivity contribution >= 4 is 17.7 Å². The van der Waals surface area contributed by atoms with Gasteiger partial charge in [-0.25, -0.2) is 0 Å². The number of aromatic hydroxyl groups is 1. The Morgan fingerprint density at radius 3 is 2.65 bits per heavy atom. The number of terminal acetylenes is 1. The number of nitriles is 1. The van der Waals surface area contributed by atoms with Gasteiger partial charge in [-0.05, 0) is 42.5 Å². The largest absolute Gasteiger partial charge is 0.508 e. The zero-order valence-electron chi connectivity index (χ0n) is 14.0. The van der Waals surface area contributed by atoms with Crippen LogP contribution in [-0.4, -0.2) is 24.7 Å². The number of carbonyl (C=O) groups is 1. The SMILES string of the molecule is C#CCOc1cc(OC)ccc1/C=C(\C#N)C(=O)Nc1ccc(O)cc1. The predicted molar refractivity (Wildman–Crippen MR) is 97.6 cm³/mol. The van der Waals surface area contributed by atoms with Gasteiger partial charge in [0.15, 0.2) is 0 Å². The Labute approximate surface area is 151 Å². The van der Waals surface area contributed by atoms with Crippen molar-refractivity contribution in [3.63, 3.8) is 0 Å². The number of rotatable bonds is 6. The third-order valence-corrected chi connectivity index (χ3v) is 3.32. The van der Waals surface area contributed by atoms with E-state index >= 15 is 0 Å². The second-order valence-corrected chi connectivity index (χ2v) is 5.07. The van der Waals surface area contributed by atoms with Crippen molar-refractivity contribution in [2.75, 3.05) is 19.0 Å². The van der Waals surface area contributed by atoms with Crippen molar-refractivity contribution in [3.8, 4) is 35.7 Å². The number of anilines is 1. The first-order valence-corrected chi connectivity index (χ1v) is 7.54. The fraction of sp³-hybridized carbons (Fsp3) is 0.100. The van der Waals surface area contributed by atoms with Crippen LogP contribution >= 0.6 is 0 Å². The van der Waals surface area contributed by atoms with Crippen LogP contribution in [0, 0.1) is 23.7 Å². The number of benzene rings is 2. The average Bonchev–Trinajstić information content (AvgIpc) is 2.66. The van der Waals surface area contributed by atoms with Crippen LogP contribution in [0.25, 0.3) is 6.08 Å². The first-order valence-electron chi connectivity index (χ1n) is 7.54. The van der Waals surface area contributed by atoms with E-state index in [2.05, 4.69) is 11.2 Å². The first-order chi connectivity index (χ1) is 12.6. The van der Waals surface area contributed by atoms with Gasteiger partial charge in [0.05, 0.1) is 7.11 Å². The molecule has 26 heavy (non-hydrogen) atoms. The van der Waals surface area contributed by atoms with Gasteiger partial charge in [-0.1, -0.05) is 5.92 Å². The van der Waals surface area contributed by atoms with Crippen molar-refractivity contribution in [2.45, 2.75) is 0 Å². The minimum Gasteiger partial charge on any atom is -0.508 e. The highest BCUT2D eigenvalue weighted by Crippen LogP contribution is 2.27. The van der Waals surface area contributed by atoms with E-state index in [0.717, 1.165) is 0 Å². The molecule has 0 radical (unpaired) electrons. The lowest BCUT2D eigenvalue weighted by Crippen LogP contribution is -2.13. The number of ether oxygens (including phenoxy) is 2. The van der Waals surface area contributed by atoms with Crippen LogP contribution in [-0.2, 0) is 4.79 Å². The molecule has 0 fully saturated rings. The molecule has 0 aliphatic rings. The number of phenolic OH excluding ortho intramolecular Hbond substituents is 1. The number of amides is 1. The average molecular weight is 348 g/mol. The zero-order chi connectivity index (χ0) is 18.9. The van der Waals surface area contributed by atoms with Gasteiger partial charge in [0, 0.05) is 17.3 Å². The Morgan fingerprint density at radius 1 is 1.31 bits per heavy atom. The van der Waals surface area contributed by atoms with E-state index in [9.17, 15) is 15.2 Å². The summed E-state index contributed by atoms with van der Waals surface area (Å²) in [5.74, 6) is 2.80. The second kappa shape index (κ2) is 8.81. The van der Waals surface area contributed by atoms with E-state index in [0.29, 0.717) is 22.7 Å². The maximum Gasteiger partial charge on any atom is 0.266 e. The van der Waals surface area contributed by atoms with Gasteiger partial charge in [0.25, 0.3) is 5.91 Å². The van der Waals surface area contributed by atoms with E-state index in [1.807, 2.05) is 6.07 Å². The van der Waals surface area contributed by atoms with Crippen molar-refractivity contribution in [3.05, 3.63) is 53.6 Å². The number of hydrogen-bond acceptors (Lipinski definition) is 5. The van der Waals surface area contributed by atoms with Gasteiger partial charge in [0.1, 0.15) is 35.5 Å². The molecule has 1 amide bonds. The Kier molecular flexibility index (Phi) is 6.25. The highest BCUT2D eigenvalue weighted by atomic mass is 16.5. The molecule has 0 unspecified atom stereocenters. The smallest absolute Gasteiger partial charge is 0.266 e. The molecule has 2 aromatic rings. The Bertz CT molecular complexity index is 903. The van der Waals surface area contributed by atoms with Crippen LogP contribution in [0.5, 0.6) is 17.2 Å². The Hall–Kier alpha value is -3.90. The van der Waals surface area contributed by atoms with E-state index in [4.69, 9.17) is 15.9 Å². The highest BCUT2D eigenvalue weighted by Gasteiger charge is 2.12. The molecule has 0 bridgehead atoms. The van der Waals surface area contributed by atoms with Crippen LogP contribution in [0.15, 0.2) is 48.0 Å². The summed E-state index contributed by atoms with van der Waals surface area (Å²) in [6, 6.07) is 12.7. The molecule has 2 aromatic carbocycles. The lowest BCUT2D eigenvalue weighted by molar-refractivity contribution is -0.112. The summed E-state index contributed by atoms with van der Waals surface area (Å²) in [7, 11) is 1.52. The lowest BCUT2D eigenvalue weighted by Gasteiger charge is -2.10. The summed E-state index contributed by atoms with van der Waals surface area (Å²) in [6.07, 6.45) is 6.62. The standard InChI is InChI=1S/C20H16N2O4/c1-3-10-26-19-12-18(25-2)9-4-14(19)11-15(13-21)20(24)22-16-5-7-17(23)8-6-16/h1,4-9,11-12,23H,10H2,2H3,(H,22,24)/b15-11+. The maximum atomic E-state index is 12.3. The number of phenols is 1. The fourth-order valence-corrected chi connectivity index (χ4v) is 2.05. The van der Waals surface area contributed by atoms with Gasteiger partial charge in [-0.15, -0.1) is 6.42 Å². The third-order valence-electron chi connectivity index (χ3n) is 3.32. The van der Waals surface area contributed by atoms with Crippen molar-refractivity contribution < 1.29 is 19.4 Å². The van der Waals surface area contributed by atoms with Crippen molar-refractivity contribution in [1.29, 1.82) is 5.26 Å². The normalized spacial score (nSPS) is 10.3. The number of hydrogen-bond donors (Lipinski definition) is 2. The molecular formula is C20H16N2O4. The molecule has 0 saturated heterocycles. The molecule has 0 atom stereocenters. The molecule has 6 nitrogen and oxygen atoms in total. The minimum atomic E-state index is -0.586. The number of carbonyl (C=O) groups excluding carboxylic acids is 1. The molecule has 2 rings (SSSR count). The lowest BCUT2D eigenvalue weighted by atomic mass is 10.1. The Morgan fingerprint density at radius 2 is 2.04 bits per heavy atom. The summed E-state index contributed by atoms with van der Waals surface area (Å²) >= 11 is 0. The van der Waals surface area contributed by atoms with Crippen molar-refractivity contribution in [1.82, 2.24) is 0 Å². The monoisotopic (exact) mass is 348 g/mol. The summed E-state index contributed by atoms with van der Waals surface area (Å²) in [5, 5.41) is 21.2. The number of methoxy groups -OCH3 is 1.